The van der Waals surface area contributed by atoms with Gasteiger partial charge in [-0.25, -0.2) is 0 Å². The summed E-state index contributed by atoms with van der Waals surface area (Å²) in [5.74, 6) is 0.510. The Kier molecular flexibility index (Phi) is 4.26. The van der Waals surface area contributed by atoms with Crippen LogP contribution in [-0.4, -0.2) is 12.1 Å². The summed E-state index contributed by atoms with van der Waals surface area (Å²) in [5.41, 5.74) is 13.8. The topological polar surface area (TPSA) is 74.8 Å². The Morgan fingerprint density at radius 2 is 2.18 bits per heavy atom. The summed E-state index contributed by atoms with van der Waals surface area (Å²) in [6.45, 7) is 2.09. The van der Waals surface area contributed by atoms with E-state index in [9.17, 15) is 0 Å². The quantitative estimate of drug-likeness (QED) is 0.370. The minimum atomic E-state index is 0. The summed E-state index contributed by atoms with van der Waals surface area (Å²) < 4.78 is 0. The Balaban J connectivity index is 0.000001000. The van der Waals surface area contributed by atoms with Crippen molar-refractivity contribution >= 4 is 12.4 Å². The van der Waals surface area contributed by atoms with E-state index in [4.69, 9.17) is 11.3 Å². The van der Waals surface area contributed by atoms with Gasteiger partial charge in [-0.05, 0) is 24.3 Å². The van der Waals surface area contributed by atoms with Gasteiger partial charge in [-0.3, -0.25) is 0 Å². The highest BCUT2D eigenvalue weighted by atomic mass is 35.5. The van der Waals surface area contributed by atoms with Crippen LogP contribution in [0.2, 0.25) is 0 Å². The van der Waals surface area contributed by atoms with Crippen LogP contribution in [0.15, 0.2) is 5.11 Å². The molecule has 0 spiro atoms. The van der Waals surface area contributed by atoms with Gasteiger partial charge in [-0.1, -0.05) is 12.0 Å². The molecule has 0 saturated heterocycles. The van der Waals surface area contributed by atoms with Crippen molar-refractivity contribution in [2.45, 2.75) is 31.8 Å². The zero-order valence-corrected chi connectivity index (χ0v) is 7.29. The molecule has 1 fully saturated rings. The Bertz CT molecular complexity index is 156. The van der Waals surface area contributed by atoms with Gasteiger partial charge in [-0.2, -0.15) is 0 Å². The standard InChI is InChI=1S/C6H12N4.ClH/c1-4-2-5(9-10-8)3-6(4)7;/h4-6H,2-3,7H2,1H3;1H/t4-,5+,6-;/m0./s1. The van der Waals surface area contributed by atoms with Gasteiger partial charge in [0.1, 0.15) is 0 Å². The zero-order chi connectivity index (χ0) is 7.56. The van der Waals surface area contributed by atoms with Crippen molar-refractivity contribution in [3.63, 3.8) is 0 Å². The predicted molar refractivity (Wildman–Crippen MR) is 46.6 cm³/mol. The molecule has 11 heavy (non-hydrogen) atoms. The van der Waals surface area contributed by atoms with Gasteiger partial charge in [0.05, 0.1) is 0 Å². The number of hydrogen-bond donors (Lipinski definition) is 1. The molecule has 5 heteroatoms. The summed E-state index contributed by atoms with van der Waals surface area (Å²) in [6.07, 6.45) is 1.80. The molecule has 2 N–H and O–H groups in total. The lowest BCUT2D eigenvalue weighted by Gasteiger charge is -2.05. The van der Waals surface area contributed by atoms with E-state index in [0.717, 1.165) is 12.8 Å². The molecule has 1 saturated carbocycles. The summed E-state index contributed by atoms with van der Waals surface area (Å²) in [4.78, 5) is 2.76. The monoisotopic (exact) mass is 176 g/mol. The molecule has 0 radical (unpaired) electrons. The average molecular weight is 177 g/mol. The first-order valence-electron chi connectivity index (χ1n) is 3.54. The number of halogens is 1. The fourth-order valence-corrected chi connectivity index (χ4v) is 1.41. The molecule has 0 unspecified atom stereocenters. The van der Waals surface area contributed by atoms with E-state index >= 15 is 0 Å². The van der Waals surface area contributed by atoms with E-state index in [2.05, 4.69) is 16.9 Å². The molecule has 0 aromatic rings. The molecule has 0 heterocycles. The van der Waals surface area contributed by atoms with Crippen LogP contribution < -0.4 is 5.73 Å². The molecule has 0 aromatic carbocycles. The van der Waals surface area contributed by atoms with Crippen LogP contribution in [0, 0.1) is 5.92 Å². The first-order valence-corrected chi connectivity index (χ1v) is 3.54. The minimum Gasteiger partial charge on any atom is -0.327 e. The first kappa shape index (κ1) is 10.6. The molecule has 1 aliphatic carbocycles. The Morgan fingerprint density at radius 1 is 1.55 bits per heavy atom. The highest BCUT2D eigenvalue weighted by molar-refractivity contribution is 5.85. The Morgan fingerprint density at radius 3 is 2.55 bits per heavy atom. The molecule has 1 rings (SSSR count). The van der Waals surface area contributed by atoms with Crippen LogP contribution in [0.5, 0.6) is 0 Å². The summed E-state index contributed by atoms with van der Waals surface area (Å²) in [6, 6.07) is 0.380. The van der Waals surface area contributed by atoms with Gasteiger partial charge in [0.2, 0.25) is 0 Å². The number of azide groups is 1. The van der Waals surface area contributed by atoms with E-state index < -0.39 is 0 Å². The lowest BCUT2D eigenvalue weighted by atomic mass is 10.1. The maximum Gasteiger partial charge on any atom is 0.0392 e. The van der Waals surface area contributed by atoms with Gasteiger partial charge < -0.3 is 5.73 Å². The molecule has 1 aliphatic rings. The fraction of sp³-hybridized carbons (Fsp3) is 1.00. The lowest BCUT2D eigenvalue weighted by molar-refractivity contribution is 0.526. The fourth-order valence-electron chi connectivity index (χ4n) is 1.41. The van der Waals surface area contributed by atoms with Crippen molar-refractivity contribution in [3.8, 4) is 0 Å². The van der Waals surface area contributed by atoms with Crippen LogP contribution >= 0.6 is 12.4 Å². The number of rotatable bonds is 1. The molecule has 0 bridgehead atoms. The average Bonchev–Trinajstić information content (AvgIpc) is 2.14. The smallest absolute Gasteiger partial charge is 0.0392 e. The SMILES string of the molecule is C[C@H]1C[C@@H](N=[N+]=[N-])C[C@@H]1N.Cl. The molecule has 64 valence electrons. The van der Waals surface area contributed by atoms with Gasteiger partial charge >= 0.3 is 0 Å². The van der Waals surface area contributed by atoms with E-state index in [-0.39, 0.29) is 24.5 Å². The van der Waals surface area contributed by atoms with E-state index in [1.807, 2.05) is 0 Å². The first-order chi connectivity index (χ1) is 4.74. The third-order valence-corrected chi connectivity index (χ3v) is 2.13. The third kappa shape index (κ3) is 2.58. The molecular formula is C6H13ClN4. The van der Waals surface area contributed by atoms with Crippen LogP contribution in [0.25, 0.3) is 10.4 Å². The molecule has 0 amide bonds. The molecular weight excluding hydrogens is 164 g/mol. The minimum absolute atomic E-state index is 0. The second-order valence-electron chi connectivity index (χ2n) is 2.97. The molecule has 4 nitrogen and oxygen atoms in total. The van der Waals surface area contributed by atoms with Crippen LogP contribution in [0.4, 0.5) is 0 Å². The van der Waals surface area contributed by atoms with Crippen molar-refractivity contribution in [3.05, 3.63) is 10.4 Å². The van der Waals surface area contributed by atoms with Crippen molar-refractivity contribution in [1.29, 1.82) is 0 Å². The van der Waals surface area contributed by atoms with E-state index in [1.54, 1.807) is 0 Å². The molecule has 0 aliphatic heterocycles. The van der Waals surface area contributed by atoms with Crippen molar-refractivity contribution in [2.24, 2.45) is 16.8 Å². The van der Waals surface area contributed by atoms with Gasteiger partial charge in [0.15, 0.2) is 0 Å². The number of hydrogen-bond acceptors (Lipinski definition) is 2. The van der Waals surface area contributed by atoms with Crippen LogP contribution in [0.3, 0.4) is 0 Å². The van der Waals surface area contributed by atoms with Gasteiger partial charge in [0, 0.05) is 17.0 Å². The van der Waals surface area contributed by atoms with Gasteiger partial charge in [-0.15, -0.1) is 12.4 Å². The summed E-state index contributed by atoms with van der Waals surface area (Å²) >= 11 is 0. The molecule has 3 atom stereocenters. The largest absolute Gasteiger partial charge is 0.327 e. The summed E-state index contributed by atoms with van der Waals surface area (Å²) in [5, 5.41) is 3.62. The number of nitrogens with two attached hydrogens (primary N) is 1. The third-order valence-electron chi connectivity index (χ3n) is 2.13. The van der Waals surface area contributed by atoms with Crippen molar-refractivity contribution < 1.29 is 0 Å². The van der Waals surface area contributed by atoms with Crippen LogP contribution in [-0.2, 0) is 0 Å². The highest BCUT2D eigenvalue weighted by Gasteiger charge is 2.27. The Hall–Kier alpha value is -0.440. The van der Waals surface area contributed by atoms with Crippen molar-refractivity contribution in [2.75, 3.05) is 0 Å². The van der Waals surface area contributed by atoms with Crippen LogP contribution in [0.1, 0.15) is 19.8 Å². The second-order valence-corrected chi connectivity index (χ2v) is 2.97. The predicted octanol–water partition coefficient (Wildman–Crippen LogP) is 1.84. The van der Waals surface area contributed by atoms with E-state index in [0.29, 0.717) is 5.92 Å². The zero-order valence-electron chi connectivity index (χ0n) is 6.47. The van der Waals surface area contributed by atoms with E-state index in [1.165, 1.54) is 0 Å². The Labute approximate surface area is 72.2 Å². The second kappa shape index (κ2) is 4.44. The normalized spacial score (nSPS) is 35.6. The number of nitrogens with zero attached hydrogens (tertiary/aromatic N) is 3. The van der Waals surface area contributed by atoms with Gasteiger partial charge in [0.25, 0.3) is 0 Å². The maximum absolute atomic E-state index is 8.12. The molecule has 0 aromatic heterocycles. The lowest BCUT2D eigenvalue weighted by Crippen LogP contribution is -2.22. The maximum atomic E-state index is 8.12. The summed E-state index contributed by atoms with van der Waals surface area (Å²) in [7, 11) is 0. The highest BCUT2D eigenvalue weighted by Crippen LogP contribution is 2.26. The van der Waals surface area contributed by atoms with Crippen molar-refractivity contribution in [1.82, 2.24) is 0 Å².